The number of phenolic OH excluding ortho intramolecular Hbond substituents is 1. The molecule has 7 nitrogen and oxygen atoms in total. The monoisotopic (exact) mass is 443 g/mol. The van der Waals surface area contributed by atoms with Gasteiger partial charge in [0.25, 0.3) is 5.69 Å². The van der Waals surface area contributed by atoms with Gasteiger partial charge in [0, 0.05) is 6.07 Å². The van der Waals surface area contributed by atoms with E-state index in [1.807, 2.05) is 30.3 Å². The summed E-state index contributed by atoms with van der Waals surface area (Å²) in [6, 6.07) is 20.0. The largest absolute Gasteiger partial charge is 0.508 e. The molecule has 0 unspecified atom stereocenters. The van der Waals surface area contributed by atoms with E-state index in [0.717, 1.165) is 11.6 Å². The average Bonchev–Trinajstić information content (AvgIpc) is 2.81. The molecule has 0 aliphatic carbocycles. The lowest BCUT2D eigenvalue weighted by Crippen LogP contribution is -2.02. The van der Waals surface area contributed by atoms with E-state index in [-0.39, 0.29) is 23.4 Å². The Hall–Kier alpha value is -4.52. The molecule has 3 aromatic rings. The van der Waals surface area contributed by atoms with Crippen LogP contribution in [0.25, 0.3) is 12.2 Å². The van der Waals surface area contributed by atoms with Crippen LogP contribution in [0.2, 0.25) is 0 Å². The van der Waals surface area contributed by atoms with Gasteiger partial charge in [-0.25, -0.2) is 0 Å². The number of benzene rings is 3. The highest BCUT2D eigenvalue weighted by Crippen LogP contribution is 2.26. The molecule has 0 heterocycles. The second kappa shape index (κ2) is 11.2. The van der Waals surface area contributed by atoms with Crippen LogP contribution in [0.3, 0.4) is 0 Å². The summed E-state index contributed by atoms with van der Waals surface area (Å²) in [6.45, 7) is 0.294. The van der Waals surface area contributed by atoms with Crippen molar-refractivity contribution in [2.45, 2.75) is 13.0 Å². The van der Waals surface area contributed by atoms with Crippen molar-refractivity contribution in [3.05, 3.63) is 112 Å². The van der Waals surface area contributed by atoms with Crippen molar-refractivity contribution in [3.63, 3.8) is 0 Å². The van der Waals surface area contributed by atoms with Crippen LogP contribution in [0.1, 0.15) is 23.1 Å². The summed E-state index contributed by atoms with van der Waals surface area (Å²) in [7, 11) is 0. The van der Waals surface area contributed by atoms with Gasteiger partial charge in [-0.05, 0) is 53.6 Å². The highest BCUT2D eigenvalue weighted by molar-refractivity contribution is 6.11. The average molecular weight is 443 g/mol. The first-order valence-corrected chi connectivity index (χ1v) is 10.1. The Morgan fingerprint density at radius 1 is 0.909 bits per heavy atom. The number of ether oxygens (including phenoxy) is 1. The summed E-state index contributed by atoms with van der Waals surface area (Å²) in [5.41, 5.74) is 1.67. The van der Waals surface area contributed by atoms with Crippen molar-refractivity contribution in [1.29, 1.82) is 0 Å². The van der Waals surface area contributed by atoms with Gasteiger partial charge in [0.1, 0.15) is 18.1 Å². The second-order valence-corrected chi connectivity index (χ2v) is 7.12. The van der Waals surface area contributed by atoms with E-state index >= 15 is 0 Å². The normalized spacial score (nSPS) is 11.0. The Morgan fingerprint density at radius 3 is 2.24 bits per heavy atom. The van der Waals surface area contributed by atoms with Gasteiger partial charge in [0.2, 0.25) is 0 Å². The first kappa shape index (κ1) is 23.1. The summed E-state index contributed by atoms with van der Waals surface area (Å²) < 4.78 is 5.70. The molecule has 0 saturated carbocycles. The van der Waals surface area contributed by atoms with Gasteiger partial charge in [0.15, 0.2) is 11.6 Å². The van der Waals surface area contributed by atoms with Crippen molar-refractivity contribution in [2.24, 2.45) is 0 Å². The highest BCUT2D eigenvalue weighted by atomic mass is 16.6. The molecule has 3 rings (SSSR count). The molecular formula is C26H21NO6. The number of nitro groups is 1. The maximum Gasteiger partial charge on any atom is 0.276 e. The zero-order valence-corrected chi connectivity index (χ0v) is 17.6. The van der Waals surface area contributed by atoms with Crippen molar-refractivity contribution < 1.29 is 24.4 Å². The van der Waals surface area contributed by atoms with Gasteiger partial charge in [0.05, 0.1) is 16.9 Å². The summed E-state index contributed by atoms with van der Waals surface area (Å²) in [5.74, 6) is -0.362. The molecule has 0 radical (unpaired) electrons. The minimum atomic E-state index is -0.545. The molecule has 7 heteroatoms. The van der Waals surface area contributed by atoms with Crippen LogP contribution in [0.15, 0.2) is 84.9 Å². The maximum absolute atomic E-state index is 12.2. The Kier molecular flexibility index (Phi) is 7.86. The maximum atomic E-state index is 12.2. The molecule has 0 aliphatic rings. The predicted octanol–water partition coefficient (Wildman–Crippen LogP) is 5.13. The molecule has 0 atom stereocenters. The summed E-state index contributed by atoms with van der Waals surface area (Å²) in [6.07, 6.45) is 4.90. The molecule has 0 bridgehead atoms. The summed E-state index contributed by atoms with van der Waals surface area (Å²) in [5, 5.41) is 20.6. The van der Waals surface area contributed by atoms with Crippen LogP contribution < -0.4 is 4.74 Å². The first-order chi connectivity index (χ1) is 15.9. The van der Waals surface area contributed by atoms with Gasteiger partial charge in [-0.3, -0.25) is 19.7 Å². The van der Waals surface area contributed by atoms with E-state index in [9.17, 15) is 24.8 Å². The summed E-state index contributed by atoms with van der Waals surface area (Å²) >= 11 is 0. The minimum absolute atomic E-state index is 0.113. The number of hydrogen-bond acceptors (Lipinski definition) is 6. The summed E-state index contributed by atoms with van der Waals surface area (Å²) in [4.78, 5) is 35.0. The third kappa shape index (κ3) is 7.29. The number of ketones is 2. The number of allylic oxidation sites excluding steroid dienone is 2. The molecule has 0 aliphatic heterocycles. The van der Waals surface area contributed by atoms with Gasteiger partial charge in [-0.1, -0.05) is 48.5 Å². The van der Waals surface area contributed by atoms with Gasteiger partial charge >= 0.3 is 0 Å². The predicted molar refractivity (Wildman–Crippen MR) is 125 cm³/mol. The smallest absolute Gasteiger partial charge is 0.276 e. The van der Waals surface area contributed by atoms with E-state index in [1.165, 1.54) is 48.6 Å². The number of phenols is 1. The third-order valence-corrected chi connectivity index (χ3v) is 4.60. The van der Waals surface area contributed by atoms with E-state index in [4.69, 9.17) is 4.74 Å². The van der Waals surface area contributed by atoms with Crippen molar-refractivity contribution in [1.82, 2.24) is 0 Å². The zero-order valence-electron chi connectivity index (χ0n) is 17.6. The van der Waals surface area contributed by atoms with Crippen molar-refractivity contribution in [2.75, 3.05) is 0 Å². The Morgan fingerprint density at radius 2 is 1.58 bits per heavy atom. The number of carbonyl (C=O) groups excluding carboxylic acids is 2. The minimum Gasteiger partial charge on any atom is -0.508 e. The van der Waals surface area contributed by atoms with Gasteiger partial charge < -0.3 is 9.84 Å². The molecule has 0 fully saturated rings. The highest BCUT2D eigenvalue weighted by Gasteiger charge is 2.13. The van der Waals surface area contributed by atoms with Crippen LogP contribution in [0.5, 0.6) is 11.5 Å². The number of hydrogen-bond donors (Lipinski definition) is 1. The van der Waals surface area contributed by atoms with E-state index in [2.05, 4.69) is 0 Å². The fourth-order valence-electron chi connectivity index (χ4n) is 2.91. The molecule has 0 spiro atoms. The molecule has 1 N–H and O–H groups in total. The SMILES string of the molecule is O=C(C=Cc1ccc(O)cc1)CC(=O)C=Cc1cc(OCc2ccccc2)ccc1[N+](=O)[O-]. The quantitative estimate of drug-likeness (QED) is 0.201. The lowest BCUT2D eigenvalue weighted by atomic mass is 10.1. The van der Waals surface area contributed by atoms with E-state index in [0.29, 0.717) is 17.9 Å². The first-order valence-electron chi connectivity index (χ1n) is 10.1. The third-order valence-electron chi connectivity index (χ3n) is 4.60. The number of rotatable bonds is 10. The fraction of sp³-hybridized carbons (Fsp3) is 0.0769. The standard InChI is InChI=1S/C26H21NO6/c28-22-10-6-19(7-11-22)8-12-23(29)17-24(30)13-9-21-16-25(14-15-26(21)27(31)32)33-18-20-4-2-1-3-5-20/h1-16,28H,17-18H2. The fourth-order valence-corrected chi connectivity index (χ4v) is 2.91. The topological polar surface area (TPSA) is 107 Å². The van der Waals surface area contributed by atoms with Crippen LogP contribution >= 0.6 is 0 Å². The molecule has 0 aromatic heterocycles. The Bertz CT molecular complexity index is 1200. The molecule has 0 amide bonds. The van der Waals surface area contributed by atoms with Crippen molar-refractivity contribution in [3.8, 4) is 11.5 Å². The van der Waals surface area contributed by atoms with Crippen LogP contribution in [0, 0.1) is 10.1 Å². The lowest BCUT2D eigenvalue weighted by Gasteiger charge is -2.07. The number of nitro benzene ring substituents is 1. The number of nitrogens with zero attached hydrogens (tertiary/aromatic N) is 1. The van der Waals surface area contributed by atoms with Gasteiger partial charge in [-0.15, -0.1) is 0 Å². The van der Waals surface area contributed by atoms with E-state index < -0.39 is 16.5 Å². The zero-order chi connectivity index (χ0) is 23.6. The number of carbonyl (C=O) groups is 2. The molecule has 0 saturated heterocycles. The Labute approximate surface area is 190 Å². The molecule has 166 valence electrons. The lowest BCUT2D eigenvalue weighted by molar-refractivity contribution is -0.385. The van der Waals surface area contributed by atoms with Gasteiger partial charge in [-0.2, -0.15) is 0 Å². The second-order valence-electron chi connectivity index (χ2n) is 7.12. The van der Waals surface area contributed by atoms with Crippen LogP contribution in [-0.2, 0) is 16.2 Å². The van der Waals surface area contributed by atoms with Crippen LogP contribution in [-0.4, -0.2) is 21.6 Å². The van der Waals surface area contributed by atoms with E-state index in [1.54, 1.807) is 12.1 Å². The van der Waals surface area contributed by atoms with Crippen molar-refractivity contribution >= 4 is 29.4 Å². The molecule has 3 aromatic carbocycles. The number of aromatic hydroxyl groups is 1. The van der Waals surface area contributed by atoms with Crippen LogP contribution in [0.4, 0.5) is 5.69 Å². The molecule has 33 heavy (non-hydrogen) atoms. The Balaban J connectivity index is 1.64. The molecular weight excluding hydrogens is 422 g/mol.